The minimum atomic E-state index is -0.574. The van der Waals surface area contributed by atoms with Gasteiger partial charge in [0.25, 0.3) is 0 Å². The SMILES string of the molecule is CCCNC(=O)[C@@H](C)NC(=O)Cc1coc(-c2ccccc2)n1. The first-order chi connectivity index (χ1) is 11.1. The second kappa shape index (κ2) is 8.12. The number of benzene rings is 1. The van der Waals surface area contributed by atoms with Crippen molar-refractivity contribution in [1.82, 2.24) is 15.6 Å². The zero-order chi connectivity index (χ0) is 16.7. The fraction of sp³-hybridized carbons (Fsp3) is 0.353. The molecule has 0 fully saturated rings. The van der Waals surface area contributed by atoms with Gasteiger partial charge in [-0.15, -0.1) is 0 Å². The fourth-order valence-corrected chi connectivity index (χ4v) is 2.03. The van der Waals surface area contributed by atoms with E-state index in [1.165, 1.54) is 6.26 Å². The molecule has 0 aliphatic rings. The lowest BCUT2D eigenvalue weighted by Crippen LogP contribution is -2.45. The number of carbonyl (C=O) groups is 2. The molecule has 2 amide bonds. The third-order valence-corrected chi connectivity index (χ3v) is 3.23. The highest BCUT2D eigenvalue weighted by Crippen LogP contribution is 2.17. The van der Waals surface area contributed by atoms with Crippen molar-refractivity contribution in [2.24, 2.45) is 0 Å². The van der Waals surface area contributed by atoms with Gasteiger partial charge in [0.1, 0.15) is 12.3 Å². The maximum Gasteiger partial charge on any atom is 0.242 e. The molecule has 0 radical (unpaired) electrons. The molecule has 6 nitrogen and oxygen atoms in total. The summed E-state index contributed by atoms with van der Waals surface area (Å²) in [5.74, 6) is 0.0181. The Kier molecular flexibility index (Phi) is 5.91. The summed E-state index contributed by atoms with van der Waals surface area (Å²) >= 11 is 0. The van der Waals surface area contributed by atoms with Gasteiger partial charge >= 0.3 is 0 Å². The topological polar surface area (TPSA) is 84.2 Å². The van der Waals surface area contributed by atoms with Gasteiger partial charge in [-0.25, -0.2) is 4.98 Å². The molecule has 2 rings (SSSR count). The number of nitrogens with zero attached hydrogens (tertiary/aromatic N) is 1. The summed E-state index contributed by atoms with van der Waals surface area (Å²) in [5.41, 5.74) is 1.38. The standard InChI is InChI=1S/C17H21N3O3/c1-3-9-18-16(22)12(2)19-15(21)10-14-11-23-17(20-14)13-7-5-4-6-8-13/h4-8,11-12H,3,9-10H2,1-2H3,(H,18,22)(H,19,21)/t12-/m1/s1. The van der Waals surface area contributed by atoms with Crippen LogP contribution in [0.1, 0.15) is 26.0 Å². The van der Waals surface area contributed by atoms with E-state index < -0.39 is 6.04 Å². The van der Waals surface area contributed by atoms with Crippen molar-refractivity contribution in [2.75, 3.05) is 6.54 Å². The van der Waals surface area contributed by atoms with Gasteiger partial charge in [0.15, 0.2) is 0 Å². The molecule has 0 bridgehead atoms. The van der Waals surface area contributed by atoms with Crippen molar-refractivity contribution in [3.05, 3.63) is 42.3 Å². The Labute approximate surface area is 135 Å². The maximum absolute atomic E-state index is 12.0. The van der Waals surface area contributed by atoms with Crippen LogP contribution in [-0.2, 0) is 16.0 Å². The van der Waals surface area contributed by atoms with E-state index in [-0.39, 0.29) is 18.2 Å². The predicted octanol–water partition coefficient (Wildman–Crippen LogP) is 1.91. The molecule has 122 valence electrons. The van der Waals surface area contributed by atoms with Crippen LogP contribution >= 0.6 is 0 Å². The van der Waals surface area contributed by atoms with Gasteiger partial charge in [0.2, 0.25) is 17.7 Å². The molecular weight excluding hydrogens is 294 g/mol. The number of carbonyl (C=O) groups excluding carboxylic acids is 2. The van der Waals surface area contributed by atoms with Crippen molar-refractivity contribution >= 4 is 11.8 Å². The second-order valence-corrected chi connectivity index (χ2v) is 5.27. The molecule has 0 saturated carbocycles. The zero-order valence-corrected chi connectivity index (χ0v) is 13.3. The predicted molar refractivity (Wildman–Crippen MR) is 86.5 cm³/mol. The molecular formula is C17H21N3O3. The lowest BCUT2D eigenvalue weighted by Gasteiger charge is -2.13. The number of hydrogen-bond donors (Lipinski definition) is 2. The smallest absolute Gasteiger partial charge is 0.242 e. The highest BCUT2D eigenvalue weighted by atomic mass is 16.3. The van der Waals surface area contributed by atoms with Crippen LogP contribution in [0.5, 0.6) is 0 Å². The Hall–Kier alpha value is -2.63. The average molecular weight is 315 g/mol. The van der Waals surface area contributed by atoms with E-state index in [1.54, 1.807) is 6.92 Å². The fourth-order valence-electron chi connectivity index (χ4n) is 2.03. The molecule has 1 aromatic carbocycles. The molecule has 6 heteroatoms. The van der Waals surface area contributed by atoms with Gasteiger partial charge in [-0.05, 0) is 25.5 Å². The molecule has 23 heavy (non-hydrogen) atoms. The number of oxazole rings is 1. The normalized spacial score (nSPS) is 11.7. The minimum Gasteiger partial charge on any atom is -0.444 e. The van der Waals surface area contributed by atoms with E-state index >= 15 is 0 Å². The van der Waals surface area contributed by atoms with Crippen LogP contribution in [0.3, 0.4) is 0 Å². The van der Waals surface area contributed by atoms with Crippen molar-refractivity contribution in [1.29, 1.82) is 0 Å². The molecule has 0 unspecified atom stereocenters. The third-order valence-electron chi connectivity index (χ3n) is 3.23. The van der Waals surface area contributed by atoms with Crippen LogP contribution in [0.4, 0.5) is 0 Å². The van der Waals surface area contributed by atoms with Crippen molar-refractivity contribution in [3.63, 3.8) is 0 Å². The summed E-state index contributed by atoms with van der Waals surface area (Å²) in [7, 11) is 0. The molecule has 2 N–H and O–H groups in total. The van der Waals surface area contributed by atoms with Gasteiger partial charge in [0, 0.05) is 12.1 Å². The van der Waals surface area contributed by atoms with Crippen molar-refractivity contribution < 1.29 is 14.0 Å². The largest absolute Gasteiger partial charge is 0.444 e. The average Bonchev–Trinajstić information content (AvgIpc) is 3.01. The van der Waals surface area contributed by atoms with E-state index in [9.17, 15) is 9.59 Å². The van der Waals surface area contributed by atoms with Gasteiger partial charge in [0.05, 0.1) is 12.1 Å². The number of amides is 2. The van der Waals surface area contributed by atoms with Crippen LogP contribution in [0, 0.1) is 0 Å². The highest BCUT2D eigenvalue weighted by Gasteiger charge is 2.16. The quantitative estimate of drug-likeness (QED) is 0.817. The minimum absolute atomic E-state index is 0.0712. The summed E-state index contributed by atoms with van der Waals surface area (Å²) < 4.78 is 5.39. The number of aromatic nitrogens is 1. The summed E-state index contributed by atoms with van der Waals surface area (Å²) in [6, 6.07) is 8.89. The molecule has 1 aromatic heterocycles. The lowest BCUT2D eigenvalue weighted by molar-refractivity contribution is -0.128. The Bertz CT molecular complexity index is 652. The Balaban J connectivity index is 1.88. The first-order valence-corrected chi connectivity index (χ1v) is 7.67. The van der Waals surface area contributed by atoms with Crippen LogP contribution in [0.2, 0.25) is 0 Å². The van der Waals surface area contributed by atoms with Gasteiger partial charge in [-0.1, -0.05) is 25.1 Å². The van der Waals surface area contributed by atoms with Gasteiger partial charge in [-0.2, -0.15) is 0 Å². The van der Waals surface area contributed by atoms with Crippen molar-refractivity contribution in [2.45, 2.75) is 32.7 Å². The van der Waals surface area contributed by atoms with E-state index in [0.29, 0.717) is 18.1 Å². The lowest BCUT2D eigenvalue weighted by atomic mass is 10.2. The summed E-state index contributed by atoms with van der Waals surface area (Å²) in [4.78, 5) is 28.0. The van der Waals surface area contributed by atoms with E-state index in [0.717, 1.165) is 12.0 Å². The van der Waals surface area contributed by atoms with E-state index in [1.807, 2.05) is 37.3 Å². The second-order valence-electron chi connectivity index (χ2n) is 5.27. The molecule has 1 heterocycles. The van der Waals surface area contributed by atoms with Gasteiger partial charge in [-0.3, -0.25) is 9.59 Å². The summed E-state index contributed by atoms with van der Waals surface area (Å²) in [5, 5.41) is 5.39. The zero-order valence-electron chi connectivity index (χ0n) is 13.3. The Morgan fingerprint density at radius 3 is 2.70 bits per heavy atom. The number of rotatable bonds is 7. The summed E-state index contributed by atoms with van der Waals surface area (Å²) in [6.45, 7) is 4.22. The molecule has 1 atom stereocenters. The molecule has 2 aromatic rings. The van der Waals surface area contributed by atoms with Crippen molar-refractivity contribution in [3.8, 4) is 11.5 Å². The van der Waals surface area contributed by atoms with Crippen LogP contribution in [0.15, 0.2) is 41.0 Å². The van der Waals surface area contributed by atoms with Gasteiger partial charge < -0.3 is 15.1 Å². The number of hydrogen-bond acceptors (Lipinski definition) is 4. The molecule has 0 aliphatic heterocycles. The first kappa shape index (κ1) is 16.7. The Morgan fingerprint density at radius 1 is 1.26 bits per heavy atom. The highest BCUT2D eigenvalue weighted by molar-refractivity contribution is 5.87. The molecule has 0 aliphatic carbocycles. The van der Waals surface area contributed by atoms with E-state index in [4.69, 9.17) is 4.42 Å². The molecule has 0 spiro atoms. The third kappa shape index (κ3) is 4.95. The monoisotopic (exact) mass is 315 g/mol. The van der Waals surface area contributed by atoms with Crippen LogP contribution in [-0.4, -0.2) is 29.4 Å². The Morgan fingerprint density at radius 2 is 2.00 bits per heavy atom. The number of nitrogens with one attached hydrogen (secondary N) is 2. The first-order valence-electron chi connectivity index (χ1n) is 7.67. The van der Waals surface area contributed by atoms with Crippen LogP contribution in [0.25, 0.3) is 11.5 Å². The summed E-state index contributed by atoms with van der Waals surface area (Å²) in [6.07, 6.45) is 2.39. The maximum atomic E-state index is 12.0. The van der Waals surface area contributed by atoms with Crippen LogP contribution < -0.4 is 10.6 Å². The molecule has 0 saturated heterocycles. The van der Waals surface area contributed by atoms with E-state index in [2.05, 4.69) is 15.6 Å².